The lowest BCUT2D eigenvalue weighted by Crippen LogP contribution is -2.05. The maximum atomic E-state index is 12.0. The van der Waals surface area contributed by atoms with Crippen LogP contribution in [0.2, 0.25) is 0 Å². The van der Waals surface area contributed by atoms with E-state index in [4.69, 9.17) is 0 Å². The van der Waals surface area contributed by atoms with Gasteiger partial charge in [-0.15, -0.1) is 0 Å². The van der Waals surface area contributed by atoms with Crippen LogP contribution in [0.3, 0.4) is 0 Å². The van der Waals surface area contributed by atoms with E-state index >= 15 is 0 Å². The van der Waals surface area contributed by atoms with Gasteiger partial charge in [0.25, 0.3) is 0 Å². The summed E-state index contributed by atoms with van der Waals surface area (Å²) in [6.45, 7) is -0.156. The van der Waals surface area contributed by atoms with Crippen LogP contribution in [0.15, 0.2) is 30.5 Å². The third kappa shape index (κ3) is 2.40. The zero-order valence-electron chi connectivity index (χ0n) is 10.1. The molecule has 0 aliphatic carbocycles. The lowest BCUT2D eigenvalue weighted by Gasteiger charge is -1.97. The first-order chi connectivity index (χ1) is 8.59. The van der Waals surface area contributed by atoms with Crippen molar-refractivity contribution in [3.63, 3.8) is 0 Å². The van der Waals surface area contributed by atoms with Gasteiger partial charge in [-0.2, -0.15) is 0 Å². The minimum Gasteiger partial charge on any atom is -0.350 e. The number of para-hydroxylation sites is 1. The van der Waals surface area contributed by atoms with E-state index in [0.29, 0.717) is 5.56 Å². The van der Waals surface area contributed by atoms with Crippen molar-refractivity contribution < 1.29 is 9.72 Å². The molecule has 0 spiro atoms. The van der Waals surface area contributed by atoms with Crippen molar-refractivity contribution in [2.24, 2.45) is 7.05 Å². The van der Waals surface area contributed by atoms with Crippen LogP contribution < -0.4 is 0 Å². The van der Waals surface area contributed by atoms with Gasteiger partial charge in [0, 0.05) is 47.5 Å². The number of carbonyl (C=O) groups is 1. The molecule has 18 heavy (non-hydrogen) atoms. The van der Waals surface area contributed by atoms with Crippen LogP contribution in [0, 0.1) is 10.1 Å². The lowest BCUT2D eigenvalue weighted by atomic mass is 10.1. The van der Waals surface area contributed by atoms with Crippen molar-refractivity contribution in [2.45, 2.75) is 12.8 Å². The zero-order valence-corrected chi connectivity index (χ0v) is 10.1. The summed E-state index contributed by atoms with van der Waals surface area (Å²) in [5, 5.41) is 11.1. The number of ketones is 1. The number of nitro groups is 1. The fourth-order valence-corrected chi connectivity index (χ4v) is 2.07. The molecule has 0 atom stereocenters. The Balaban J connectivity index is 2.20. The van der Waals surface area contributed by atoms with Gasteiger partial charge in [-0.1, -0.05) is 18.2 Å². The Bertz CT molecular complexity index is 601. The number of benzene rings is 1. The first-order valence-electron chi connectivity index (χ1n) is 5.78. The molecule has 0 radical (unpaired) electrons. The average molecular weight is 246 g/mol. The molecule has 5 nitrogen and oxygen atoms in total. The van der Waals surface area contributed by atoms with Gasteiger partial charge in [0.1, 0.15) is 0 Å². The first-order valence-corrected chi connectivity index (χ1v) is 5.78. The van der Waals surface area contributed by atoms with E-state index in [-0.39, 0.29) is 25.2 Å². The van der Waals surface area contributed by atoms with Crippen LogP contribution >= 0.6 is 0 Å². The van der Waals surface area contributed by atoms with Crippen LogP contribution in [0.25, 0.3) is 10.9 Å². The summed E-state index contributed by atoms with van der Waals surface area (Å²) in [6.07, 6.45) is 2.29. The Morgan fingerprint density at radius 3 is 2.83 bits per heavy atom. The van der Waals surface area contributed by atoms with Gasteiger partial charge in [0.2, 0.25) is 6.54 Å². The molecule has 0 unspecified atom stereocenters. The highest BCUT2D eigenvalue weighted by atomic mass is 16.6. The van der Waals surface area contributed by atoms with Crippen molar-refractivity contribution >= 4 is 16.7 Å². The second-order valence-electron chi connectivity index (χ2n) is 4.25. The molecule has 0 bridgehead atoms. The predicted molar refractivity (Wildman–Crippen MR) is 68.3 cm³/mol. The van der Waals surface area contributed by atoms with Crippen molar-refractivity contribution in [3.05, 3.63) is 46.1 Å². The zero-order chi connectivity index (χ0) is 13.1. The SMILES string of the molecule is Cn1cc(C(=O)CCC[N+](=O)[O-])c2ccccc21. The van der Waals surface area contributed by atoms with Crippen molar-refractivity contribution in [1.82, 2.24) is 4.57 Å². The largest absolute Gasteiger partial charge is 0.350 e. The monoisotopic (exact) mass is 246 g/mol. The molecule has 0 aliphatic heterocycles. The Morgan fingerprint density at radius 1 is 1.39 bits per heavy atom. The van der Waals surface area contributed by atoms with Crippen LogP contribution in [-0.4, -0.2) is 21.8 Å². The summed E-state index contributed by atoms with van der Waals surface area (Å²) in [4.78, 5) is 21.8. The number of Topliss-reactive ketones (excluding diaryl/α,β-unsaturated/α-hetero) is 1. The molecule has 1 aromatic heterocycles. The number of aryl methyl sites for hydroxylation is 1. The Kier molecular flexibility index (Phi) is 3.41. The van der Waals surface area contributed by atoms with E-state index < -0.39 is 4.92 Å². The Morgan fingerprint density at radius 2 is 2.11 bits per heavy atom. The molecule has 2 aromatic rings. The predicted octanol–water partition coefficient (Wildman–Crippen LogP) is 2.42. The van der Waals surface area contributed by atoms with Gasteiger partial charge in [0.15, 0.2) is 5.78 Å². The second-order valence-corrected chi connectivity index (χ2v) is 4.25. The van der Waals surface area contributed by atoms with Gasteiger partial charge < -0.3 is 4.57 Å². The van der Waals surface area contributed by atoms with E-state index in [1.165, 1.54) is 0 Å². The number of carbonyl (C=O) groups excluding carboxylic acids is 1. The highest BCUT2D eigenvalue weighted by Crippen LogP contribution is 2.21. The van der Waals surface area contributed by atoms with Gasteiger partial charge >= 0.3 is 0 Å². The molecular weight excluding hydrogens is 232 g/mol. The number of rotatable bonds is 5. The molecule has 0 saturated carbocycles. The number of hydrogen-bond acceptors (Lipinski definition) is 3. The van der Waals surface area contributed by atoms with Crippen LogP contribution in [-0.2, 0) is 7.05 Å². The number of nitrogens with zero attached hydrogens (tertiary/aromatic N) is 2. The first kappa shape index (κ1) is 12.3. The summed E-state index contributed by atoms with van der Waals surface area (Å²) in [6, 6.07) is 7.65. The van der Waals surface area contributed by atoms with E-state index in [0.717, 1.165) is 10.9 Å². The summed E-state index contributed by atoms with van der Waals surface area (Å²) < 4.78 is 1.90. The van der Waals surface area contributed by atoms with Gasteiger partial charge in [-0.3, -0.25) is 14.9 Å². The van der Waals surface area contributed by atoms with E-state index in [9.17, 15) is 14.9 Å². The summed E-state index contributed by atoms with van der Waals surface area (Å²) >= 11 is 0. The Hall–Kier alpha value is -2.17. The second kappa shape index (κ2) is 5.00. The fourth-order valence-electron chi connectivity index (χ4n) is 2.07. The maximum Gasteiger partial charge on any atom is 0.204 e. The molecule has 2 rings (SSSR count). The van der Waals surface area contributed by atoms with Gasteiger partial charge in [-0.05, 0) is 6.07 Å². The van der Waals surface area contributed by atoms with Crippen molar-refractivity contribution in [3.8, 4) is 0 Å². The average Bonchev–Trinajstić information content (AvgIpc) is 2.67. The minimum atomic E-state index is -0.392. The summed E-state index contributed by atoms with van der Waals surface area (Å²) in [7, 11) is 1.89. The molecule has 0 fully saturated rings. The highest BCUT2D eigenvalue weighted by Gasteiger charge is 2.13. The highest BCUT2D eigenvalue weighted by molar-refractivity contribution is 6.08. The van der Waals surface area contributed by atoms with E-state index in [1.54, 1.807) is 6.20 Å². The minimum absolute atomic E-state index is 0.0337. The number of aromatic nitrogens is 1. The van der Waals surface area contributed by atoms with Crippen LogP contribution in [0.5, 0.6) is 0 Å². The molecule has 1 heterocycles. The van der Waals surface area contributed by atoms with Crippen LogP contribution in [0.4, 0.5) is 0 Å². The van der Waals surface area contributed by atoms with Crippen molar-refractivity contribution in [2.75, 3.05) is 6.54 Å². The molecule has 0 amide bonds. The molecular formula is C13H14N2O3. The standard InChI is InChI=1S/C13H14N2O3/c1-14-9-11(10-5-2-3-6-12(10)14)13(16)7-4-8-15(17)18/h2-3,5-6,9H,4,7-8H2,1H3. The van der Waals surface area contributed by atoms with Gasteiger partial charge in [-0.25, -0.2) is 0 Å². The van der Waals surface area contributed by atoms with Gasteiger partial charge in [0.05, 0.1) is 0 Å². The summed E-state index contributed by atoms with van der Waals surface area (Å²) in [5.41, 5.74) is 1.64. The number of hydrogen-bond donors (Lipinski definition) is 0. The molecule has 0 aliphatic rings. The maximum absolute atomic E-state index is 12.0. The third-order valence-corrected chi connectivity index (χ3v) is 2.94. The topological polar surface area (TPSA) is 65.1 Å². The lowest BCUT2D eigenvalue weighted by molar-refractivity contribution is -0.480. The quantitative estimate of drug-likeness (QED) is 0.462. The van der Waals surface area contributed by atoms with E-state index in [1.807, 2.05) is 35.9 Å². The van der Waals surface area contributed by atoms with E-state index in [2.05, 4.69) is 0 Å². The van der Waals surface area contributed by atoms with Crippen LogP contribution in [0.1, 0.15) is 23.2 Å². The molecule has 0 saturated heterocycles. The molecule has 94 valence electrons. The third-order valence-electron chi connectivity index (χ3n) is 2.94. The fraction of sp³-hybridized carbons (Fsp3) is 0.308. The number of fused-ring (bicyclic) bond motifs is 1. The molecule has 0 N–H and O–H groups in total. The summed E-state index contributed by atoms with van der Waals surface area (Å²) in [5.74, 6) is -0.0337. The van der Waals surface area contributed by atoms with Crippen molar-refractivity contribution in [1.29, 1.82) is 0 Å². The molecule has 5 heteroatoms. The Labute approximate surface area is 104 Å². The normalized spacial score (nSPS) is 10.7. The smallest absolute Gasteiger partial charge is 0.204 e. The molecule has 1 aromatic carbocycles.